The summed E-state index contributed by atoms with van der Waals surface area (Å²) < 4.78 is 5.35. The molecule has 1 atom stereocenters. The lowest BCUT2D eigenvalue weighted by atomic mass is 9.95. The van der Waals surface area contributed by atoms with E-state index in [1.165, 1.54) is 12.8 Å². The van der Waals surface area contributed by atoms with Crippen LogP contribution in [0.15, 0.2) is 40.4 Å². The molecule has 1 aromatic rings. The van der Waals surface area contributed by atoms with Crippen molar-refractivity contribution >= 4 is 23.8 Å². The Bertz CT molecular complexity index is 725. The molecule has 0 saturated carbocycles. The summed E-state index contributed by atoms with van der Waals surface area (Å²) in [5.74, 6) is -0.376. The third kappa shape index (κ3) is 5.08. The molecule has 152 valence electrons. The summed E-state index contributed by atoms with van der Waals surface area (Å²) in [5, 5.41) is 5.78. The molecule has 0 spiro atoms. The SMILES string of the molecule is CCOC(=O)C1=C(CN2CCCCCC2)NC(=O)N[C@@H]1c1ccc(SC)cc1. The van der Waals surface area contributed by atoms with Crippen molar-refractivity contribution in [2.45, 2.75) is 43.5 Å². The lowest BCUT2D eigenvalue weighted by Crippen LogP contribution is -2.48. The van der Waals surface area contributed by atoms with Crippen molar-refractivity contribution in [2.24, 2.45) is 0 Å². The van der Waals surface area contributed by atoms with Crippen molar-refractivity contribution < 1.29 is 14.3 Å². The second-order valence-corrected chi connectivity index (χ2v) is 7.99. The van der Waals surface area contributed by atoms with Crippen molar-refractivity contribution in [3.8, 4) is 0 Å². The first-order chi connectivity index (χ1) is 13.6. The van der Waals surface area contributed by atoms with Crippen molar-refractivity contribution in [3.63, 3.8) is 0 Å². The molecule has 2 aliphatic rings. The molecule has 1 aromatic carbocycles. The number of esters is 1. The number of rotatable bonds is 6. The van der Waals surface area contributed by atoms with Gasteiger partial charge in [-0.25, -0.2) is 9.59 Å². The third-order valence-electron chi connectivity index (χ3n) is 5.18. The van der Waals surface area contributed by atoms with Gasteiger partial charge in [-0.15, -0.1) is 11.8 Å². The van der Waals surface area contributed by atoms with Gasteiger partial charge >= 0.3 is 12.0 Å². The number of hydrogen-bond acceptors (Lipinski definition) is 5. The molecular formula is C21H29N3O3S. The molecule has 28 heavy (non-hydrogen) atoms. The number of nitrogens with zero attached hydrogens (tertiary/aromatic N) is 1. The minimum Gasteiger partial charge on any atom is -0.463 e. The van der Waals surface area contributed by atoms with Crippen LogP contribution in [0.2, 0.25) is 0 Å². The molecule has 2 heterocycles. The quantitative estimate of drug-likeness (QED) is 0.562. The molecule has 0 aliphatic carbocycles. The molecule has 0 bridgehead atoms. The average Bonchev–Trinajstić information content (AvgIpc) is 2.96. The summed E-state index contributed by atoms with van der Waals surface area (Å²) in [6, 6.07) is 7.15. The van der Waals surface area contributed by atoms with E-state index in [2.05, 4.69) is 15.5 Å². The number of carbonyl (C=O) groups excluding carboxylic acids is 2. The van der Waals surface area contributed by atoms with Crippen LogP contribution in [0.4, 0.5) is 4.79 Å². The molecule has 0 unspecified atom stereocenters. The van der Waals surface area contributed by atoms with Gasteiger partial charge < -0.3 is 15.4 Å². The highest BCUT2D eigenvalue weighted by atomic mass is 32.2. The normalized spacial score (nSPS) is 20.9. The van der Waals surface area contributed by atoms with Crippen LogP contribution in [0, 0.1) is 0 Å². The van der Waals surface area contributed by atoms with E-state index in [0.717, 1.165) is 36.4 Å². The number of ether oxygens (including phenoxy) is 1. The van der Waals surface area contributed by atoms with Gasteiger partial charge in [-0.3, -0.25) is 4.90 Å². The molecule has 0 radical (unpaired) electrons. The molecule has 2 amide bonds. The van der Waals surface area contributed by atoms with E-state index in [1.807, 2.05) is 30.5 Å². The molecule has 2 N–H and O–H groups in total. The highest BCUT2D eigenvalue weighted by Gasteiger charge is 2.34. The van der Waals surface area contributed by atoms with Gasteiger partial charge in [0, 0.05) is 17.1 Å². The number of nitrogens with one attached hydrogen (secondary N) is 2. The summed E-state index contributed by atoms with van der Waals surface area (Å²) in [4.78, 5) is 28.7. The Balaban J connectivity index is 1.95. The largest absolute Gasteiger partial charge is 0.463 e. The van der Waals surface area contributed by atoms with Crippen LogP contribution in [0.1, 0.15) is 44.2 Å². The number of thioether (sulfide) groups is 1. The number of benzene rings is 1. The fourth-order valence-corrected chi connectivity index (χ4v) is 4.17. The van der Waals surface area contributed by atoms with Crippen molar-refractivity contribution in [2.75, 3.05) is 32.5 Å². The number of likely N-dealkylation sites (tertiary alicyclic amines) is 1. The van der Waals surface area contributed by atoms with E-state index in [-0.39, 0.29) is 12.0 Å². The van der Waals surface area contributed by atoms with Crippen molar-refractivity contribution in [3.05, 3.63) is 41.1 Å². The van der Waals surface area contributed by atoms with Crippen LogP contribution in [-0.4, -0.2) is 49.4 Å². The molecule has 6 nitrogen and oxygen atoms in total. The number of hydrogen-bond donors (Lipinski definition) is 2. The van der Waals surface area contributed by atoms with Gasteiger partial charge in [0.1, 0.15) is 0 Å². The fraction of sp³-hybridized carbons (Fsp3) is 0.524. The van der Waals surface area contributed by atoms with Crippen LogP contribution in [0.5, 0.6) is 0 Å². The van der Waals surface area contributed by atoms with Crippen LogP contribution in [-0.2, 0) is 9.53 Å². The fourth-order valence-electron chi connectivity index (χ4n) is 3.76. The van der Waals surface area contributed by atoms with E-state index >= 15 is 0 Å². The molecule has 0 aromatic heterocycles. The van der Waals surface area contributed by atoms with Gasteiger partial charge in [0.2, 0.25) is 0 Å². The van der Waals surface area contributed by atoms with Crippen molar-refractivity contribution in [1.82, 2.24) is 15.5 Å². The average molecular weight is 404 g/mol. The first-order valence-electron chi connectivity index (χ1n) is 9.96. The monoisotopic (exact) mass is 403 g/mol. The Morgan fingerprint density at radius 3 is 2.46 bits per heavy atom. The Hall–Kier alpha value is -1.99. The molecule has 1 fully saturated rings. The second kappa shape index (κ2) is 9.98. The molecule has 3 rings (SSSR count). The molecule has 1 saturated heterocycles. The zero-order chi connectivity index (χ0) is 19.9. The Labute approximate surface area is 171 Å². The summed E-state index contributed by atoms with van der Waals surface area (Å²) in [6.45, 7) is 4.61. The Morgan fingerprint density at radius 1 is 1.18 bits per heavy atom. The first kappa shape index (κ1) is 20.7. The maximum absolute atomic E-state index is 12.8. The van der Waals surface area contributed by atoms with Gasteiger partial charge in [-0.2, -0.15) is 0 Å². The standard InChI is InChI=1S/C21H29N3O3S/c1-3-27-20(25)18-17(14-24-12-6-4-5-7-13-24)22-21(26)23-19(18)15-8-10-16(28-2)11-9-15/h8-11,19H,3-7,12-14H2,1-2H3,(H2,22,23,26)/t19-/m1/s1. The predicted octanol–water partition coefficient (Wildman–Crippen LogP) is 3.46. The summed E-state index contributed by atoms with van der Waals surface area (Å²) in [7, 11) is 0. The zero-order valence-corrected chi connectivity index (χ0v) is 17.4. The first-order valence-corrected chi connectivity index (χ1v) is 11.2. The minimum atomic E-state index is -0.509. The van der Waals surface area contributed by atoms with Gasteiger partial charge in [0.15, 0.2) is 0 Å². The van der Waals surface area contributed by atoms with Gasteiger partial charge in [0.05, 0.1) is 18.2 Å². The Kier molecular flexibility index (Phi) is 7.39. The van der Waals surface area contributed by atoms with E-state index in [4.69, 9.17) is 4.74 Å². The maximum Gasteiger partial charge on any atom is 0.338 e. The number of carbonyl (C=O) groups is 2. The molecule has 7 heteroatoms. The van der Waals surface area contributed by atoms with E-state index < -0.39 is 6.04 Å². The van der Waals surface area contributed by atoms with E-state index in [1.54, 1.807) is 18.7 Å². The zero-order valence-electron chi connectivity index (χ0n) is 16.6. The van der Waals surface area contributed by atoms with Crippen LogP contribution >= 0.6 is 11.8 Å². The lowest BCUT2D eigenvalue weighted by molar-refractivity contribution is -0.139. The maximum atomic E-state index is 12.8. The highest BCUT2D eigenvalue weighted by molar-refractivity contribution is 7.98. The third-order valence-corrected chi connectivity index (χ3v) is 5.92. The smallest absolute Gasteiger partial charge is 0.338 e. The highest BCUT2D eigenvalue weighted by Crippen LogP contribution is 2.29. The molecule has 2 aliphatic heterocycles. The van der Waals surface area contributed by atoms with Gasteiger partial charge in [0.25, 0.3) is 0 Å². The molecular weight excluding hydrogens is 374 g/mol. The van der Waals surface area contributed by atoms with Gasteiger partial charge in [-0.05, 0) is 56.8 Å². The minimum absolute atomic E-state index is 0.281. The summed E-state index contributed by atoms with van der Waals surface area (Å²) in [6.07, 6.45) is 6.78. The topological polar surface area (TPSA) is 70.7 Å². The van der Waals surface area contributed by atoms with Crippen LogP contribution in [0.3, 0.4) is 0 Å². The lowest BCUT2D eigenvalue weighted by Gasteiger charge is -2.32. The Morgan fingerprint density at radius 2 is 1.86 bits per heavy atom. The van der Waals surface area contributed by atoms with Gasteiger partial charge in [-0.1, -0.05) is 25.0 Å². The van der Waals surface area contributed by atoms with Crippen molar-refractivity contribution in [1.29, 1.82) is 0 Å². The summed E-state index contributed by atoms with van der Waals surface area (Å²) >= 11 is 1.66. The second-order valence-electron chi connectivity index (χ2n) is 7.11. The van der Waals surface area contributed by atoms with Crippen LogP contribution in [0.25, 0.3) is 0 Å². The van der Waals surface area contributed by atoms with Crippen LogP contribution < -0.4 is 10.6 Å². The number of amides is 2. The summed E-state index contributed by atoms with van der Waals surface area (Å²) in [5.41, 5.74) is 2.04. The number of urea groups is 1. The van der Waals surface area contributed by atoms with E-state index in [0.29, 0.717) is 24.4 Å². The predicted molar refractivity (Wildman–Crippen MR) is 111 cm³/mol. The van der Waals surface area contributed by atoms with E-state index in [9.17, 15) is 9.59 Å².